The van der Waals surface area contributed by atoms with E-state index in [-0.39, 0.29) is 19.0 Å². The summed E-state index contributed by atoms with van der Waals surface area (Å²) in [6, 6.07) is 1.75. The monoisotopic (exact) mass is 286 g/mol. The number of hydrogen-bond acceptors (Lipinski definition) is 3. The Labute approximate surface area is 105 Å². The minimum atomic E-state index is -3.99. The van der Waals surface area contributed by atoms with Gasteiger partial charge in [-0.2, -0.15) is 0 Å². The van der Waals surface area contributed by atoms with Crippen molar-refractivity contribution in [2.45, 2.75) is 17.9 Å². The number of benzene rings is 1. The van der Waals surface area contributed by atoms with Gasteiger partial charge in [0, 0.05) is 18.7 Å². The Morgan fingerprint density at radius 1 is 1.41 bits per heavy atom. The van der Waals surface area contributed by atoms with Crippen LogP contribution >= 0.6 is 12.4 Å². The van der Waals surface area contributed by atoms with Crippen molar-refractivity contribution >= 4 is 22.4 Å². The van der Waals surface area contributed by atoms with Crippen molar-refractivity contribution in [2.75, 3.05) is 6.54 Å². The molecule has 0 unspecified atom stereocenters. The molecule has 0 aliphatic carbocycles. The third-order valence-corrected chi connectivity index (χ3v) is 3.52. The van der Waals surface area contributed by atoms with Gasteiger partial charge in [-0.1, -0.05) is 0 Å². The average molecular weight is 287 g/mol. The normalized spacial score (nSPS) is 12.9. The lowest BCUT2D eigenvalue weighted by Crippen LogP contribution is -2.38. The van der Waals surface area contributed by atoms with Gasteiger partial charge in [0.1, 0.15) is 16.5 Å². The van der Waals surface area contributed by atoms with Crippen molar-refractivity contribution in [2.24, 2.45) is 5.73 Å². The molecule has 0 aliphatic rings. The molecule has 0 heterocycles. The number of nitrogens with one attached hydrogen (secondary N) is 1. The van der Waals surface area contributed by atoms with Gasteiger partial charge in [-0.3, -0.25) is 0 Å². The zero-order chi connectivity index (χ0) is 12.3. The van der Waals surface area contributed by atoms with Crippen LogP contribution in [0.25, 0.3) is 0 Å². The highest BCUT2D eigenvalue weighted by atomic mass is 35.5. The maximum absolute atomic E-state index is 13.2. The van der Waals surface area contributed by atoms with Crippen LogP contribution in [0.4, 0.5) is 8.78 Å². The highest BCUT2D eigenvalue weighted by Gasteiger charge is 2.20. The lowest BCUT2D eigenvalue weighted by Gasteiger charge is -2.12. The number of sulfonamides is 1. The van der Waals surface area contributed by atoms with E-state index in [4.69, 9.17) is 5.73 Å². The summed E-state index contributed by atoms with van der Waals surface area (Å²) in [5, 5.41) is 0. The van der Waals surface area contributed by atoms with Crippen molar-refractivity contribution in [1.29, 1.82) is 0 Å². The van der Waals surface area contributed by atoms with E-state index in [0.29, 0.717) is 6.07 Å². The largest absolute Gasteiger partial charge is 0.329 e. The summed E-state index contributed by atoms with van der Waals surface area (Å²) in [6.45, 7) is 1.63. The van der Waals surface area contributed by atoms with Crippen LogP contribution < -0.4 is 10.5 Å². The van der Waals surface area contributed by atoms with Gasteiger partial charge in [-0.25, -0.2) is 21.9 Å². The molecule has 1 atom stereocenters. The van der Waals surface area contributed by atoms with Crippen LogP contribution in [0.15, 0.2) is 23.1 Å². The van der Waals surface area contributed by atoms with Crippen LogP contribution in [0.1, 0.15) is 6.92 Å². The molecule has 0 bridgehead atoms. The maximum Gasteiger partial charge on any atom is 0.243 e. The first-order valence-electron chi connectivity index (χ1n) is 4.54. The van der Waals surface area contributed by atoms with E-state index in [2.05, 4.69) is 4.72 Å². The predicted molar refractivity (Wildman–Crippen MR) is 62.4 cm³/mol. The van der Waals surface area contributed by atoms with Gasteiger partial charge in [-0.15, -0.1) is 12.4 Å². The summed E-state index contributed by atoms with van der Waals surface area (Å²) in [7, 11) is -3.99. The number of halogens is 3. The summed E-state index contributed by atoms with van der Waals surface area (Å²) in [5.41, 5.74) is 5.24. The fourth-order valence-corrected chi connectivity index (χ4v) is 2.39. The molecule has 0 saturated heterocycles. The number of hydrogen-bond donors (Lipinski definition) is 2. The zero-order valence-electron chi connectivity index (χ0n) is 8.98. The Kier molecular flexibility index (Phi) is 5.97. The van der Waals surface area contributed by atoms with Gasteiger partial charge in [0.05, 0.1) is 0 Å². The van der Waals surface area contributed by atoms with E-state index in [9.17, 15) is 17.2 Å². The Bertz CT molecular complexity index is 482. The minimum absolute atomic E-state index is 0. The second kappa shape index (κ2) is 6.25. The molecular weight excluding hydrogens is 274 g/mol. The molecule has 0 aromatic heterocycles. The predicted octanol–water partition coefficient (Wildman–Crippen LogP) is 1.01. The quantitative estimate of drug-likeness (QED) is 0.868. The molecule has 1 aromatic carbocycles. The van der Waals surface area contributed by atoms with Gasteiger partial charge in [0.15, 0.2) is 0 Å². The molecule has 1 aromatic rings. The van der Waals surface area contributed by atoms with Gasteiger partial charge < -0.3 is 5.73 Å². The SMILES string of the molecule is C[C@@H](CN)NS(=O)(=O)c1ccc(F)cc1F.Cl. The molecule has 3 N–H and O–H groups in total. The first kappa shape index (κ1) is 16.2. The minimum Gasteiger partial charge on any atom is -0.329 e. The molecule has 0 fully saturated rings. The van der Waals surface area contributed by atoms with Gasteiger partial charge >= 0.3 is 0 Å². The van der Waals surface area contributed by atoms with Crippen LogP contribution in [-0.4, -0.2) is 21.0 Å². The molecule has 1 rings (SSSR count). The fourth-order valence-electron chi connectivity index (χ4n) is 1.07. The van der Waals surface area contributed by atoms with Gasteiger partial charge in [-0.05, 0) is 19.1 Å². The summed E-state index contributed by atoms with van der Waals surface area (Å²) in [4.78, 5) is -0.589. The average Bonchev–Trinajstić information content (AvgIpc) is 2.16. The molecule has 0 aliphatic heterocycles. The van der Waals surface area contributed by atoms with Crippen LogP contribution in [0, 0.1) is 11.6 Å². The van der Waals surface area contributed by atoms with Crippen molar-refractivity contribution in [1.82, 2.24) is 4.72 Å². The van der Waals surface area contributed by atoms with Crippen molar-refractivity contribution in [3.63, 3.8) is 0 Å². The summed E-state index contributed by atoms with van der Waals surface area (Å²) >= 11 is 0. The first-order valence-corrected chi connectivity index (χ1v) is 6.02. The van der Waals surface area contributed by atoms with E-state index in [0.717, 1.165) is 12.1 Å². The highest BCUT2D eigenvalue weighted by Crippen LogP contribution is 2.15. The Morgan fingerprint density at radius 2 is 2.00 bits per heavy atom. The molecule has 0 spiro atoms. The lowest BCUT2D eigenvalue weighted by atomic mass is 10.3. The highest BCUT2D eigenvalue weighted by molar-refractivity contribution is 7.89. The summed E-state index contributed by atoms with van der Waals surface area (Å²) in [6.07, 6.45) is 0. The smallest absolute Gasteiger partial charge is 0.243 e. The Balaban J connectivity index is 0.00000256. The third kappa shape index (κ3) is 4.19. The molecule has 8 heteroatoms. The van der Waals surface area contributed by atoms with Crippen LogP contribution in [-0.2, 0) is 10.0 Å². The third-order valence-electron chi connectivity index (χ3n) is 1.89. The van der Waals surface area contributed by atoms with Crippen LogP contribution in [0.3, 0.4) is 0 Å². The van der Waals surface area contributed by atoms with Gasteiger partial charge in [0.25, 0.3) is 0 Å². The summed E-state index contributed by atoms with van der Waals surface area (Å²) < 4.78 is 51.2. The van der Waals surface area contributed by atoms with Crippen LogP contribution in [0.2, 0.25) is 0 Å². The molecule has 4 nitrogen and oxygen atoms in total. The molecule has 0 saturated carbocycles. The lowest BCUT2D eigenvalue weighted by molar-refractivity contribution is 0.535. The van der Waals surface area contributed by atoms with E-state index in [1.165, 1.54) is 0 Å². The van der Waals surface area contributed by atoms with E-state index in [1.807, 2.05) is 0 Å². The molecule has 0 radical (unpaired) electrons. The number of nitrogens with two attached hydrogens (primary N) is 1. The Morgan fingerprint density at radius 3 is 2.47 bits per heavy atom. The maximum atomic E-state index is 13.2. The molecule has 17 heavy (non-hydrogen) atoms. The molecular formula is C9H13ClF2N2O2S. The fraction of sp³-hybridized carbons (Fsp3) is 0.333. The molecule has 98 valence electrons. The van der Waals surface area contributed by atoms with E-state index >= 15 is 0 Å². The van der Waals surface area contributed by atoms with Crippen molar-refractivity contribution in [3.05, 3.63) is 29.8 Å². The standard InChI is InChI=1S/C9H12F2N2O2S.ClH/c1-6(5-12)13-16(14,15)9-3-2-7(10)4-8(9)11;/h2-4,6,13H,5,12H2,1H3;1H/t6-;/m0./s1. The number of rotatable bonds is 4. The van der Waals surface area contributed by atoms with Crippen molar-refractivity contribution in [3.8, 4) is 0 Å². The first-order chi connectivity index (χ1) is 7.36. The Hall–Kier alpha value is -0.760. The topological polar surface area (TPSA) is 72.2 Å². The summed E-state index contributed by atoms with van der Waals surface area (Å²) in [5.74, 6) is -1.96. The van der Waals surface area contributed by atoms with Crippen LogP contribution in [0.5, 0.6) is 0 Å². The zero-order valence-corrected chi connectivity index (χ0v) is 10.6. The van der Waals surface area contributed by atoms with E-state index < -0.39 is 32.6 Å². The van der Waals surface area contributed by atoms with Crippen molar-refractivity contribution < 1.29 is 17.2 Å². The van der Waals surface area contributed by atoms with E-state index in [1.54, 1.807) is 6.92 Å². The molecule has 0 amide bonds. The second-order valence-electron chi connectivity index (χ2n) is 3.33. The van der Waals surface area contributed by atoms with Gasteiger partial charge in [0.2, 0.25) is 10.0 Å². The second-order valence-corrected chi connectivity index (χ2v) is 5.02.